The fourth-order valence-corrected chi connectivity index (χ4v) is 2.25. The molecular formula is C12H15N3S. The highest BCUT2D eigenvalue weighted by Crippen LogP contribution is 2.20. The fourth-order valence-electron chi connectivity index (χ4n) is 1.41. The molecule has 16 heavy (non-hydrogen) atoms. The van der Waals surface area contributed by atoms with Crippen LogP contribution < -0.4 is 5.32 Å². The summed E-state index contributed by atoms with van der Waals surface area (Å²) in [4.78, 5) is 9.80. The molecule has 3 nitrogen and oxygen atoms in total. The van der Waals surface area contributed by atoms with Crippen LogP contribution in [0.5, 0.6) is 0 Å². The van der Waals surface area contributed by atoms with Gasteiger partial charge in [0.1, 0.15) is 0 Å². The standard InChI is InChI=1S/C12H15N3S/c1-9-10(2)16-12(15-9)14-7-5-11-4-3-6-13-8-11/h3-4,6,8H,5,7H2,1-2H3,(H,14,15). The highest BCUT2D eigenvalue weighted by molar-refractivity contribution is 7.15. The van der Waals surface area contributed by atoms with Gasteiger partial charge in [-0.3, -0.25) is 4.98 Å². The molecule has 0 aliphatic carbocycles. The number of hydrogen-bond acceptors (Lipinski definition) is 4. The third kappa shape index (κ3) is 2.79. The van der Waals surface area contributed by atoms with Crippen molar-refractivity contribution in [3.05, 3.63) is 40.7 Å². The van der Waals surface area contributed by atoms with E-state index in [0.717, 1.165) is 23.8 Å². The second-order valence-corrected chi connectivity index (χ2v) is 4.90. The van der Waals surface area contributed by atoms with Gasteiger partial charge in [-0.2, -0.15) is 0 Å². The van der Waals surface area contributed by atoms with Crippen molar-refractivity contribution in [2.75, 3.05) is 11.9 Å². The Morgan fingerprint density at radius 1 is 1.38 bits per heavy atom. The van der Waals surface area contributed by atoms with Gasteiger partial charge in [0.05, 0.1) is 5.69 Å². The van der Waals surface area contributed by atoms with Crippen LogP contribution in [0.4, 0.5) is 5.13 Å². The molecule has 0 aliphatic rings. The highest BCUT2D eigenvalue weighted by Gasteiger charge is 2.02. The molecule has 2 aromatic heterocycles. The zero-order valence-corrected chi connectivity index (χ0v) is 10.3. The van der Waals surface area contributed by atoms with Crippen LogP contribution in [0.1, 0.15) is 16.1 Å². The summed E-state index contributed by atoms with van der Waals surface area (Å²) in [5.41, 5.74) is 2.37. The average Bonchev–Trinajstić information content (AvgIpc) is 2.60. The number of anilines is 1. The van der Waals surface area contributed by atoms with Crippen molar-refractivity contribution >= 4 is 16.5 Å². The maximum Gasteiger partial charge on any atom is 0.183 e. The molecule has 0 aliphatic heterocycles. The van der Waals surface area contributed by atoms with Gasteiger partial charge in [-0.05, 0) is 31.9 Å². The quantitative estimate of drug-likeness (QED) is 0.882. The summed E-state index contributed by atoms with van der Waals surface area (Å²) in [5, 5.41) is 4.35. The number of aryl methyl sites for hydroxylation is 2. The van der Waals surface area contributed by atoms with Crippen molar-refractivity contribution < 1.29 is 0 Å². The minimum absolute atomic E-state index is 0.901. The van der Waals surface area contributed by atoms with Crippen molar-refractivity contribution in [1.82, 2.24) is 9.97 Å². The van der Waals surface area contributed by atoms with Gasteiger partial charge in [-0.1, -0.05) is 6.07 Å². The third-order valence-corrected chi connectivity index (χ3v) is 3.47. The molecule has 0 radical (unpaired) electrons. The summed E-state index contributed by atoms with van der Waals surface area (Å²) >= 11 is 1.71. The van der Waals surface area contributed by atoms with Crippen molar-refractivity contribution in [1.29, 1.82) is 0 Å². The normalized spacial score (nSPS) is 10.4. The van der Waals surface area contributed by atoms with Crippen molar-refractivity contribution in [3.8, 4) is 0 Å². The van der Waals surface area contributed by atoms with Gasteiger partial charge in [0.25, 0.3) is 0 Å². The van der Waals surface area contributed by atoms with Crippen LogP contribution in [0, 0.1) is 13.8 Å². The van der Waals surface area contributed by atoms with Gasteiger partial charge in [-0.15, -0.1) is 11.3 Å². The Hall–Kier alpha value is -1.42. The van der Waals surface area contributed by atoms with Crippen LogP contribution in [0.25, 0.3) is 0 Å². The first-order valence-corrected chi connectivity index (χ1v) is 6.14. The van der Waals surface area contributed by atoms with Crippen LogP contribution >= 0.6 is 11.3 Å². The Labute approximate surface area is 99.6 Å². The molecule has 84 valence electrons. The molecule has 0 spiro atoms. The molecule has 0 atom stereocenters. The molecule has 0 saturated carbocycles. The predicted octanol–water partition coefficient (Wildman–Crippen LogP) is 2.81. The minimum atomic E-state index is 0.901. The van der Waals surface area contributed by atoms with Crippen molar-refractivity contribution in [2.24, 2.45) is 0 Å². The zero-order valence-electron chi connectivity index (χ0n) is 9.53. The third-order valence-electron chi connectivity index (χ3n) is 2.44. The van der Waals surface area contributed by atoms with Crippen LogP contribution in [0.15, 0.2) is 24.5 Å². The molecule has 0 fully saturated rings. The second-order valence-electron chi connectivity index (χ2n) is 3.70. The van der Waals surface area contributed by atoms with Crippen molar-refractivity contribution in [2.45, 2.75) is 20.3 Å². The lowest BCUT2D eigenvalue weighted by atomic mass is 10.2. The Kier molecular flexibility index (Phi) is 3.51. The Morgan fingerprint density at radius 2 is 2.25 bits per heavy atom. The Morgan fingerprint density at radius 3 is 2.88 bits per heavy atom. The fraction of sp³-hybridized carbons (Fsp3) is 0.333. The predicted molar refractivity (Wildman–Crippen MR) is 68.0 cm³/mol. The maximum absolute atomic E-state index is 4.43. The van der Waals surface area contributed by atoms with Crippen LogP contribution in [-0.4, -0.2) is 16.5 Å². The molecule has 0 unspecified atom stereocenters. The largest absolute Gasteiger partial charge is 0.361 e. The van der Waals surface area contributed by atoms with E-state index in [1.165, 1.54) is 10.4 Å². The van der Waals surface area contributed by atoms with E-state index in [0.29, 0.717) is 0 Å². The van der Waals surface area contributed by atoms with Gasteiger partial charge < -0.3 is 5.32 Å². The lowest BCUT2D eigenvalue weighted by Gasteiger charge is -2.01. The smallest absolute Gasteiger partial charge is 0.183 e. The number of aromatic nitrogens is 2. The summed E-state index contributed by atoms with van der Waals surface area (Å²) in [5.74, 6) is 0. The van der Waals surface area contributed by atoms with Gasteiger partial charge in [-0.25, -0.2) is 4.98 Å². The Balaban J connectivity index is 1.84. The van der Waals surface area contributed by atoms with Gasteiger partial charge in [0.15, 0.2) is 5.13 Å². The monoisotopic (exact) mass is 233 g/mol. The van der Waals surface area contributed by atoms with E-state index >= 15 is 0 Å². The van der Waals surface area contributed by atoms with Crippen LogP contribution in [0.2, 0.25) is 0 Å². The molecule has 0 bridgehead atoms. The molecule has 2 rings (SSSR count). The first-order valence-electron chi connectivity index (χ1n) is 5.32. The summed E-state index contributed by atoms with van der Waals surface area (Å²) in [6.45, 7) is 5.04. The molecule has 1 N–H and O–H groups in total. The number of thiazole rings is 1. The maximum atomic E-state index is 4.43. The zero-order chi connectivity index (χ0) is 11.4. The SMILES string of the molecule is Cc1nc(NCCc2cccnc2)sc1C. The molecule has 2 heterocycles. The number of rotatable bonds is 4. The van der Waals surface area contributed by atoms with E-state index in [4.69, 9.17) is 0 Å². The average molecular weight is 233 g/mol. The van der Waals surface area contributed by atoms with Crippen LogP contribution in [0.3, 0.4) is 0 Å². The van der Waals surface area contributed by atoms with E-state index < -0.39 is 0 Å². The highest BCUT2D eigenvalue weighted by atomic mass is 32.1. The molecule has 2 aromatic rings. The Bertz CT molecular complexity index is 431. The molecule has 4 heteroatoms. The lowest BCUT2D eigenvalue weighted by Crippen LogP contribution is -2.04. The summed E-state index contributed by atoms with van der Waals surface area (Å²) < 4.78 is 0. The number of nitrogens with zero attached hydrogens (tertiary/aromatic N) is 2. The molecule has 0 saturated heterocycles. The van der Waals surface area contributed by atoms with Gasteiger partial charge in [0, 0.05) is 23.8 Å². The summed E-state index contributed by atoms with van der Waals surface area (Å²) in [7, 11) is 0. The molecule has 0 aromatic carbocycles. The summed E-state index contributed by atoms with van der Waals surface area (Å²) in [6, 6.07) is 4.06. The van der Waals surface area contributed by atoms with E-state index in [-0.39, 0.29) is 0 Å². The topological polar surface area (TPSA) is 37.8 Å². The molecular weight excluding hydrogens is 218 g/mol. The summed E-state index contributed by atoms with van der Waals surface area (Å²) in [6.07, 6.45) is 4.68. The van der Waals surface area contributed by atoms with E-state index in [9.17, 15) is 0 Å². The number of nitrogens with one attached hydrogen (secondary N) is 1. The lowest BCUT2D eigenvalue weighted by molar-refractivity contribution is 0.999. The number of pyridine rings is 1. The van der Waals surface area contributed by atoms with Gasteiger partial charge in [0.2, 0.25) is 0 Å². The van der Waals surface area contributed by atoms with Crippen molar-refractivity contribution in [3.63, 3.8) is 0 Å². The van der Waals surface area contributed by atoms with E-state index in [1.54, 1.807) is 17.5 Å². The second kappa shape index (κ2) is 5.07. The van der Waals surface area contributed by atoms with E-state index in [1.807, 2.05) is 19.2 Å². The molecule has 0 amide bonds. The van der Waals surface area contributed by atoms with Crippen LogP contribution in [-0.2, 0) is 6.42 Å². The first-order chi connectivity index (χ1) is 7.75. The van der Waals surface area contributed by atoms with Gasteiger partial charge >= 0.3 is 0 Å². The van der Waals surface area contributed by atoms with E-state index in [2.05, 4.69) is 28.3 Å². The first kappa shape index (κ1) is 11.1. The minimum Gasteiger partial charge on any atom is -0.361 e. The number of hydrogen-bond donors (Lipinski definition) is 1.